The number of likely N-dealkylation sites (N-methyl/N-ethyl adjacent to an activating group) is 1. The number of furan rings is 2. The van der Waals surface area contributed by atoms with E-state index in [0.717, 1.165) is 6.42 Å². The first-order valence-corrected chi connectivity index (χ1v) is 8.56. The summed E-state index contributed by atoms with van der Waals surface area (Å²) in [4.78, 5) is 26.1. The van der Waals surface area contributed by atoms with Crippen LogP contribution in [0.15, 0.2) is 50.7 Å². The van der Waals surface area contributed by atoms with Crippen molar-refractivity contribution in [2.45, 2.75) is 25.8 Å². The van der Waals surface area contributed by atoms with E-state index in [4.69, 9.17) is 8.83 Å². The van der Waals surface area contributed by atoms with Crippen LogP contribution < -0.4 is 5.32 Å². The van der Waals surface area contributed by atoms with Crippen LogP contribution in [-0.4, -0.2) is 47.7 Å². The van der Waals surface area contributed by atoms with Crippen molar-refractivity contribution in [3.05, 3.63) is 48.3 Å². The van der Waals surface area contributed by atoms with Crippen LogP contribution in [0.1, 0.15) is 37.3 Å². The van der Waals surface area contributed by atoms with Gasteiger partial charge in [-0.05, 0) is 30.7 Å². The minimum atomic E-state index is -0.357. The van der Waals surface area contributed by atoms with E-state index in [1.54, 1.807) is 37.8 Å². The highest BCUT2D eigenvalue weighted by Gasteiger charge is 2.36. The smallest absolute Gasteiger partial charge is 0.317 e. The monoisotopic (exact) mass is 358 g/mol. The van der Waals surface area contributed by atoms with Gasteiger partial charge in [0.15, 0.2) is 0 Å². The first-order valence-electron chi connectivity index (χ1n) is 8.56. The lowest BCUT2D eigenvalue weighted by atomic mass is 10.1. The molecule has 0 radical (unpaired) electrons. The lowest BCUT2D eigenvalue weighted by Gasteiger charge is -2.23. The Balaban J connectivity index is 1.75. The standard InChI is InChI=1S/C18H22N4O4/c1-3-8-19-18(24)21(2)12-17(23)22-14(16-7-5-10-26-16)11-13(20-22)15-6-4-9-25-15/h4-7,9-10,14H,3,8,11-12H2,1-2H3,(H,19,24)/t14-/m0/s1. The Morgan fingerprint density at radius 3 is 2.73 bits per heavy atom. The third-order valence-electron chi connectivity index (χ3n) is 4.09. The number of urea groups is 1. The van der Waals surface area contributed by atoms with E-state index in [1.165, 1.54) is 9.91 Å². The molecule has 3 amide bonds. The first kappa shape index (κ1) is 17.8. The van der Waals surface area contributed by atoms with Gasteiger partial charge in [0.2, 0.25) is 0 Å². The summed E-state index contributed by atoms with van der Waals surface area (Å²) in [5.74, 6) is 0.967. The second kappa shape index (κ2) is 7.90. The third kappa shape index (κ3) is 3.79. The van der Waals surface area contributed by atoms with Crippen LogP contribution in [0.25, 0.3) is 0 Å². The lowest BCUT2D eigenvalue weighted by Crippen LogP contribution is -2.43. The van der Waals surface area contributed by atoms with E-state index in [0.29, 0.717) is 30.2 Å². The number of rotatable bonds is 6. The van der Waals surface area contributed by atoms with E-state index >= 15 is 0 Å². The molecule has 26 heavy (non-hydrogen) atoms. The Morgan fingerprint density at radius 1 is 1.31 bits per heavy atom. The van der Waals surface area contributed by atoms with Gasteiger partial charge >= 0.3 is 6.03 Å². The second-order valence-electron chi connectivity index (χ2n) is 6.09. The molecular formula is C18H22N4O4. The van der Waals surface area contributed by atoms with E-state index in [9.17, 15) is 9.59 Å². The molecule has 3 heterocycles. The maximum absolute atomic E-state index is 12.8. The minimum absolute atomic E-state index is 0.0817. The number of carbonyl (C=O) groups excluding carboxylic acids is 2. The number of carbonyl (C=O) groups is 2. The lowest BCUT2D eigenvalue weighted by molar-refractivity contribution is -0.133. The summed E-state index contributed by atoms with van der Waals surface area (Å²) in [6, 6.07) is 6.51. The van der Waals surface area contributed by atoms with Crippen LogP contribution in [0.5, 0.6) is 0 Å². The summed E-state index contributed by atoms with van der Waals surface area (Å²) < 4.78 is 10.9. The van der Waals surface area contributed by atoms with Gasteiger partial charge in [0.1, 0.15) is 29.8 Å². The highest BCUT2D eigenvalue weighted by molar-refractivity contribution is 6.01. The van der Waals surface area contributed by atoms with Crippen molar-refractivity contribution >= 4 is 17.6 Å². The number of nitrogens with zero attached hydrogens (tertiary/aromatic N) is 3. The summed E-state index contributed by atoms with van der Waals surface area (Å²) in [5, 5.41) is 8.55. The van der Waals surface area contributed by atoms with Crippen molar-refractivity contribution in [2.24, 2.45) is 5.10 Å². The number of hydrazone groups is 1. The third-order valence-corrected chi connectivity index (χ3v) is 4.09. The molecule has 8 nitrogen and oxygen atoms in total. The van der Waals surface area contributed by atoms with Gasteiger partial charge in [0.05, 0.1) is 12.5 Å². The van der Waals surface area contributed by atoms with Gasteiger partial charge in [-0.3, -0.25) is 4.79 Å². The van der Waals surface area contributed by atoms with Crippen LogP contribution >= 0.6 is 0 Å². The molecule has 138 valence electrons. The molecule has 0 saturated carbocycles. The molecule has 1 aliphatic heterocycles. The molecule has 1 atom stereocenters. The molecular weight excluding hydrogens is 336 g/mol. The fraction of sp³-hybridized carbons (Fsp3) is 0.389. The topological polar surface area (TPSA) is 91.3 Å². The highest BCUT2D eigenvalue weighted by atomic mass is 16.3. The molecule has 0 fully saturated rings. The van der Waals surface area contributed by atoms with Gasteiger partial charge in [-0.15, -0.1) is 0 Å². The number of hydrogen-bond acceptors (Lipinski definition) is 5. The SMILES string of the molecule is CCCNC(=O)N(C)CC(=O)N1N=C(c2ccco2)C[C@H]1c1ccco1. The van der Waals surface area contributed by atoms with E-state index in [1.807, 2.05) is 13.0 Å². The maximum Gasteiger partial charge on any atom is 0.317 e. The average molecular weight is 358 g/mol. The number of hydrogen-bond donors (Lipinski definition) is 1. The van der Waals surface area contributed by atoms with Gasteiger partial charge in [-0.25, -0.2) is 9.80 Å². The number of nitrogens with one attached hydrogen (secondary N) is 1. The Morgan fingerprint density at radius 2 is 2.08 bits per heavy atom. The summed E-state index contributed by atoms with van der Waals surface area (Å²) >= 11 is 0. The van der Waals surface area contributed by atoms with E-state index in [2.05, 4.69) is 10.4 Å². The van der Waals surface area contributed by atoms with Gasteiger partial charge in [-0.2, -0.15) is 5.10 Å². The van der Waals surface area contributed by atoms with Crippen LogP contribution in [0.2, 0.25) is 0 Å². The second-order valence-corrected chi connectivity index (χ2v) is 6.09. The van der Waals surface area contributed by atoms with Gasteiger partial charge in [-0.1, -0.05) is 6.92 Å². The Hall–Kier alpha value is -3.03. The van der Waals surface area contributed by atoms with E-state index < -0.39 is 0 Å². The quantitative estimate of drug-likeness (QED) is 0.859. The van der Waals surface area contributed by atoms with E-state index in [-0.39, 0.29) is 24.5 Å². The number of amides is 3. The van der Waals surface area contributed by atoms with Crippen molar-refractivity contribution in [1.82, 2.24) is 15.2 Å². The predicted molar refractivity (Wildman–Crippen MR) is 94.5 cm³/mol. The molecule has 0 spiro atoms. The minimum Gasteiger partial charge on any atom is -0.467 e. The van der Waals surface area contributed by atoms with Gasteiger partial charge in [0.25, 0.3) is 5.91 Å². The van der Waals surface area contributed by atoms with Crippen LogP contribution in [0.3, 0.4) is 0 Å². The maximum atomic E-state index is 12.8. The molecule has 0 unspecified atom stereocenters. The molecule has 0 aromatic carbocycles. The molecule has 0 aliphatic carbocycles. The zero-order valence-electron chi connectivity index (χ0n) is 14.8. The molecule has 3 rings (SSSR count). The zero-order chi connectivity index (χ0) is 18.5. The fourth-order valence-electron chi connectivity index (χ4n) is 2.75. The van der Waals surface area contributed by atoms with Crippen molar-refractivity contribution in [3.8, 4) is 0 Å². The van der Waals surface area contributed by atoms with Crippen molar-refractivity contribution < 1.29 is 18.4 Å². The largest absolute Gasteiger partial charge is 0.467 e. The highest BCUT2D eigenvalue weighted by Crippen LogP contribution is 2.33. The van der Waals surface area contributed by atoms with Crippen molar-refractivity contribution in [3.63, 3.8) is 0 Å². The Bertz CT molecular complexity index is 767. The van der Waals surface area contributed by atoms with Crippen LogP contribution in [-0.2, 0) is 4.79 Å². The summed E-state index contributed by atoms with van der Waals surface area (Å²) in [6.45, 7) is 2.45. The van der Waals surface area contributed by atoms with Crippen molar-refractivity contribution in [2.75, 3.05) is 20.1 Å². The van der Waals surface area contributed by atoms with Crippen LogP contribution in [0, 0.1) is 0 Å². The van der Waals surface area contributed by atoms with Crippen LogP contribution in [0.4, 0.5) is 4.79 Å². The fourth-order valence-corrected chi connectivity index (χ4v) is 2.75. The molecule has 2 aromatic rings. The summed E-state index contributed by atoms with van der Waals surface area (Å²) in [5.41, 5.74) is 0.669. The Kier molecular flexibility index (Phi) is 5.40. The molecule has 0 bridgehead atoms. The van der Waals surface area contributed by atoms with Crippen molar-refractivity contribution in [1.29, 1.82) is 0 Å². The molecule has 1 N–H and O–H groups in total. The van der Waals surface area contributed by atoms with Gasteiger partial charge in [0, 0.05) is 20.0 Å². The average Bonchev–Trinajstić information content (AvgIpc) is 3.39. The first-order chi connectivity index (χ1) is 12.6. The summed E-state index contributed by atoms with van der Waals surface area (Å²) in [7, 11) is 1.58. The molecule has 2 aromatic heterocycles. The molecule has 1 aliphatic rings. The normalized spacial score (nSPS) is 16.5. The van der Waals surface area contributed by atoms with Gasteiger partial charge < -0.3 is 19.1 Å². The Labute approximate surface area is 151 Å². The summed E-state index contributed by atoms with van der Waals surface area (Å²) in [6.07, 6.45) is 4.44. The zero-order valence-corrected chi connectivity index (χ0v) is 14.8. The predicted octanol–water partition coefficient (Wildman–Crippen LogP) is 2.60. The molecule has 8 heteroatoms. The molecule has 0 saturated heterocycles.